The molecule has 0 atom stereocenters. The summed E-state index contributed by atoms with van der Waals surface area (Å²) in [5.41, 5.74) is 0. The SMILES string of the molecule is CCNC1=CSC(=C2SC=CS2)S1.[O-][Br+2]([O-])O. The highest BCUT2D eigenvalue weighted by Gasteiger charge is 2.17. The molecule has 9 heteroatoms. The van der Waals surface area contributed by atoms with E-state index >= 15 is 0 Å². The lowest BCUT2D eigenvalue weighted by atomic mass is 10.7. The molecule has 0 unspecified atom stereocenters. The molecule has 2 heterocycles. The molecule has 0 aliphatic carbocycles. The maximum absolute atomic E-state index is 8.63. The van der Waals surface area contributed by atoms with Gasteiger partial charge in [-0.15, -0.1) is 0 Å². The fraction of sp³-hybridized carbons (Fsp3) is 0.250. The summed E-state index contributed by atoms with van der Waals surface area (Å²) in [5.74, 6) is 0. The van der Waals surface area contributed by atoms with Crippen molar-refractivity contribution in [1.29, 1.82) is 0 Å². The van der Waals surface area contributed by atoms with E-state index in [9.17, 15) is 0 Å². The fourth-order valence-electron chi connectivity index (χ4n) is 0.900. The van der Waals surface area contributed by atoms with E-state index in [1.807, 2.05) is 47.0 Å². The van der Waals surface area contributed by atoms with Gasteiger partial charge in [-0.3, -0.25) is 0 Å². The van der Waals surface area contributed by atoms with Crippen LogP contribution < -0.4 is 13.7 Å². The molecule has 2 aliphatic rings. The molecular weight excluding hydrogens is 366 g/mol. The van der Waals surface area contributed by atoms with Crippen molar-refractivity contribution in [2.75, 3.05) is 6.54 Å². The first-order chi connectivity index (χ1) is 8.13. The van der Waals surface area contributed by atoms with E-state index in [-0.39, 0.29) is 0 Å². The fourth-order valence-corrected chi connectivity index (χ4v) is 5.29. The van der Waals surface area contributed by atoms with Crippen molar-refractivity contribution in [3.8, 4) is 0 Å². The van der Waals surface area contributed by atoms with Crippen molar-refractivity contribution in [3.63, 3.8) is 0 Å². The summed E-state index contributed by atoms with van der Waals surface area (Å²) in [6.45, 7) is 3.12. The zero-order valence-electron chi connectivity index (χ0n) is 8.71. The lowest BCUT2D eigenvalue weighted by Gasteiger charge is -2.02. The maximum atomic E-state index is 8.63. The molecule has 0 aromatic carbocycles. The number of nitrogens with one attached hydrogen (secondary N) is 1. The average Bonchev–Trinajstić information content (AvgIpc) is 2.84. The summed E-state index contributed by atoms with van der Waals surface area (Å²) in [7, 11) is 0. The normalized spacial score (nSPS) is 18.3. The van der Waals surface area contributed by atoms with Crippen molar-refractivity contribution in [3.05, 3.63) is 29.7 Å². The molecule has 17 heavy (non-hydrogen) atoms. The average molecular weight is 376 g/mol. The van der Waals surface area contributed by atoms with Crippen LogP contribution in [0.5, 0.6) is 0 Å². The first-order valence-corrected chi connectivity index (χ1v) is 9.85. The minimum absolute atomic E-state index is 1.00. The van der Waals surface area contributed by atoms with Crippen molar-refractivity contribution in [2.45, 2.75) is 6.92 Å². The highest BCUT2D eigenvalue weighted by molar-refractivity contribution is 8.33. The lowest BCUT2D eigenvalue weighted by molar-refractivity contribution is -1.63. The Labute approximate surface area is 122 Å². The van der Waals surface area contributed by atoms with Crippen molar-refractivity contribution in [2.24, 2.45) is 0 Å². The Morgan fingerprint density at radius 1 is 1.24 bits per heavy atom. The third-order valence-electron chi connectivity index (χ3n) is 1.40. The Morgan fingerprint density at radius 2 is 1.82 bits per heavy atom. The minimum atomic E-state index is -3.40. The van der Waals surface area contributed by atoms with E-state index in [0.29, 0.717) is 0 Å². The summed E-state index contributed by atoms with van der Waals surface area (Å²) in [5, 5.41) is 11.1. The van der Waals surface area contributed by atoms with Gasteiger partial charge >= 0.3 is 14.8 Å². The molecule has 0 amide bonds. The van der Waals surface area contributed by atoms with Gasteiger partial charge in [-0.2, -0.15) is 0 Å². The second-order valence-electron chi connectivity index (χ2n) is 2.52. The molecule has 96 valence electrons. The largest absolute Gasteiger partial charge is 0.433 e. The molecule has 0 saturated heterocycles. The minimum Gasteiger partial charge on any atom is -0.379 e. The zero-order chi connectivity index (χ0) is 12.7. The quantitative estimate of drug-likeness (QED) is 0.740. The molecule has 2 rings (SSSR count). The number of halogens is 1. The second-order valence-corrected chi connectivity index (χ2v) is 7.64. The van der Waals surface area contributed by atoms with Gasteiger partial charge in [0, 0.05) is 12.0 Å². The Kier molecular flexibility index (Phi) is 8.21. The predicted octanol–water partition coefficient (Wildman–Crippen LogP) is 1.02. The van der Waals surface area contributed by atoms with Gasteiger partial charge < -0.3 is 13.7 Å². The molecular formula is C8H10BrNO3S4. The number of hydrogen-bond acceptors (Lipinski definition) is 8. The lowest BCUT2D eigenvalue weighted by Crippen LogP contribution is -2.30. The van der Waals surface area contributed by atoms with Crippen LogP contribution in [-0.2, 0) is 0 Å². The van der Waals surface area contributed by atoms with Crippen LogP contribution in [0.1, 0.15) is 6.92 Å². The number of thioether (sulfide) groups is 4. The van der Waals surface area contributed by atoms with Crippen LogP contribution in [0.15, 0.2) is 29.7 Å². The van der Waals surface area contributed by atoms with E-state index < -0.39 is 14.8 Å². The Morgan fingerprint density at radius 3 is 2.35 bits per heavy atom. The molecule has 2 N–H and O–H groups in total. The molecule has 0 aromatic rings. The summed E-state index contributed by atoms with van der Waals surface area (Å²) in [4.78, 5) is 0. The van der Waals surface area contributed by atoms with E-state index in [0.717, 1.165) is 6.54 Å². The van der Waals surface area contributed by atoms with Crippen molar-refractivity contribution in [1.82, 2.24) is 5.32 Å². The van der Waals surface area contributed by atoms with Crippen molar-refractivity contribution < 1.29 is 27.4 Å². The van der Waals surface area contributed by atoms with Crippen LogP contribution in [0.4, 0.5) is 0 Å². The topological polar surface area (TPSA) is 78.4 Å². The number of hydrogen-bond donors (Lipinski definition) is 2. The third-order valence-corrected chi connectivity index (χ3v) is 6.38. The summed E-state index contributed by atoms with van der Waals surface area (Å²) in [6.07, 6.45) is 0. The molecule has 0 aromatic heterocycles. The van der Waals surface area contributed by atoms with Crippen LogP contribution in [0.2, 0.25) is 0 Å². The van der Waals surface area contributed by atoms with Crippen LogP contribution >= 0.6 is 47.0 Å². The van der Waals surface area contributed by atoms with E-state index in [4.69, 9.17) is 12.6 Å². The van der Waals surface area contributed by atoms with E-state index in [1.54, 1.807) is 0 Å². The smallest absolute Gasteiger partial charge is 0.379 e. The zero-order valence-corrected chi connectivity index (χ0v) is 13.6. The van der Waals surface area contributed by atoms with Gasteiger partial charge in [-0.25, -0.2) is 0 Å². The molecule has 0 saturated carbocycles. The molecule has 0 spiro atoms. The van der Waals surface area contributed by atoms with Gasteiger partial charge in [0.05, 0.1) is 13.5 Å². The molecule has 0 radical (unpaired) electrons. The number of rotatable bonds is 2. The van der Waals surface area contributed by atoms with E-state index in [1.165, 1.54) is 13.5 Å². The first kappa shape index (κ1) is 15.8. The van der Waals surface area contributed by atoms with Gasteiger partial charge in [0.15, 0.2) is 0 Å². The highest BCUT2D eigenvalue weighted by atomic mass is 80.0. The summed E-state index contributed by atoms with van der Waals surface area (Å²) in [6, 6.07) is 0. The van der Waals surface area contributed by atoms with Gasteiger partial charge in [0.2, 0.25) is 0 Å². The van der Waals surface area contributed by atoms with Crippen LogP contribution in [0.3, 0.4) is 0 Å². The predicted molar refractivity (Wildman–Crippen MR) is 70.5 cm³/mol. The standard InChI is InChI=1S/C8H9NS4.BrHO3/c1-2-9-6-5-12-8(13-6)7-10-3-4-11-7;2-1(3)4/h3-5,9H,2H2,1H3;2H. The monoisotopic (exact) mass is 375 g/mol. The van der Waals surface area contributed by atoms with Gasteiger partial charge in [-0.1, -0.05) is 47.0 Å². The first-order valence-electron chi connectivity index (χ1n) is 4.39. The highest BCUT2D eigenvalue weighted by Crippen LogP contribution is 2.52. The van der Waals surface area contributed by atoms with Crippen molar-refractivity contribution >= 4 is 47.0 Å². The molecule has 0 bridgehead atoms. The third kappa shape index (κ3) is 6.48. The summed E-state index contributed by atoms with van der Waals surface area (Å²) < 4.78 is 27.1. The van der Waals surface area contributed by atoms with Crippen LogP contribution in [0, 0.1) is 14.8 Å². The Hall–Kier alpha value is 0.780. The van der Waals surface area contributed by atoms with Crippen LogP contribution in [-0.4, -0.2) is 10.7 Å². The Balaban J connectivity index is 0.000000317. The van der Waals surface area contributed by atoms with Gasteiger partial charge in [-0.05, 0) is 21.9 Å². The van der Waals surface area contributed by atoms with E-state index in [2.05, 4.69) is 28.5 Å². The molecule has 0 fully saturated rings. The maximum Gasteiger partial charge on any atom is 0.433 e. The Bertz CT molecular complexity index is 333. The van der Waals surface area contributed by atoms with Gasteiger partial charge in [0.25, 0.3) is 0 Å². The summed E-state index contributed by atoms with van der Waals surface area (Å²) >= 11 is 3.91. The molecule has 2 aliphatic heterocycles. The molecule has 4 nitrogen and oxygen atoms in total. The van der Waals surface area contributed by atoms with Crippen LogP contribution in [0.25, 0.3) is 0 Å². The van der Waals surface area contributed by atoms with Gasteiger partial charge in [0.1, 0.15) is 0 Å². The second kappa shape index (κ2) is 8.81.